The Morgan fingerprint density at radius 1 is 0.694 bits per heavy atom. The molecule has 72 heavy (non-hydrogen) atoms. The van der Waals surface area contributed by atoms with Crippen LogP contribution in [-0.4, -0.2) is 110 Å². The van der Waals surface area contributed by atoms with Crippen LogP contribution in [0.4, 0.5) is 11.4 Å². The maximum Gasteiger partial charge on any atom is 0.220 e. The Bertz CT molecular complexity index is 2690. The minimum Gasteiger partial charge on any atom is -0.382 e. The monoisotopic (exact) mass is 1020 g/mol. The molecule has 0 saturated heterocycles. The predicted molar refractivity (Wildman–Crippen MR) is 300 cm³/mol. The molecule has 2 aliphatic heterocycles. The minimum atomic E-state index is -3.13. The zero-order valence-electron chi connectivity index (χ0n) is 44.0. The fourth-order valence-corrected chi connectivity index (χ4v) is 11.3. The summed E-state index contributed by atoms with van der Waals surface area (Å²) >= 11 is 0. The van der Waals surface area contributed by atoms with Crippen molar-refractivity contribution in [3.63, 3.8) is 0 Å². The first-order valence-electron chi connectivity index (χ1n) is 25.5. The van der Waals surface area contributed by atoms with Gasteiger partial charge in [0.05, 0.1) is 31.8 Å². The summed E-state index contributed by atoms with van der Waals surface area (Å²) in [6, 6.07) is 31.3. The SMILES string of the molecule is COCCOCCCN1/C(=C/C=C/C=C/C=C/C2=[N+](CCOCCOC)c3ccc(-c4ccc(C)cc4)cc3C2(C)C)C(C)(CCCCCC(=O)NCCSS(C)(=O)=O)c2cc(-c3ccc(C)cc3)ccc21. The molecule has 10 nitrogen and oxygen atoms in total. The fraction of sp³-hybridized carbons (Fsp3) is 0.433. The van der Waals surface area contributed by atoms with Crippen molar-refractivity contribution in [2.45, 2.75) is 84.0 Å². The first-order chi connectivity index (χ1) is 34.7. The molecule has 0 radical (unpaired) electrons. The molecule has 4 aromatic carbocycles. The minimum absolute atomic E-state index is 0.0412. The van der Waals surface area contributed by atoms with Gasteiger partial charge in [-0.1, -0.05) is 109 Å². The van der Waals surface area contributed by atoms with Crippen molar-refractivity contribution >= 4 is 42.7 Å². The molecule has 4 aromatic rings. The number of hydrogen-bond acceptors (Lipinski definition) is 9. The van der Waals surface area contributed by atoms with Crippen molar-refractivity contribution < 1.29 is 36.7 Å². The highest BCUT2D eigenvalue weighted by atomic mass is 33.1. The van der Waals surface area contributed by atoms with E-state index in [1.54, 1.807) is 14.2 Å². The van der Waals surface area contributed by atoms with Gasteiger partial charge in [0.1, 0.15) is 6.61 Å². The number of carbonyl (C=O) groups excluding carboxylic acids is 1. The number of unbranched alkanes of at least 4 members (excludes halogenated alkanes) is 2. The van der Waals surface area contributed by atoms with Gasteiger partial charge in [0.2, 0.25) is 11.6 Å². The van der Waals surface area contributed by atoms with Gasteiger partial charge in [-0.2, -0.15) is 4.58 Å². The summed E-state index contributed by atoms with van der Waals surface area (Å²) in [5.41, 5.74) is 14.2. The van der Waals surface area contributed by atoms with Gasteiger partial charge in [-0.3, -0.25) is 4.79 Å². The molecule has 0 aliphatic carbocycles. The largest absolute Gasteiger partial charge is 0.382 e. The highest BCUT2D eigenvalue weighted by Gasteiger charge is 2.45. The van der Waals surface area contributed by atoms with Gasteiger partial charge in [0.15, 0.2) is 21.1 Å². The third-order valence-corrected chi connectivity index (χ3v) is 16.2. The summed E-state index contributed by atoms with van der Waals surface area (Å²) in [6.45, 7) is 16.6. The van der Waals surface area contributed by atoms with E-state index in [0.717, 1.165) is 56.0 Å². The summed E-state index contributed by atoms with van der Waals surface area (Å²) in [5.74, 6) is 0.300. The molecule has 1 unspecified atom stereocenters. The molecule has 0 fully saturated rings. The third kappa shape index (κ3) is 15.5. The number of benzene rings is 4. The lowest BCUT2D eigenvalue weighted by Gasteiger charge is -2.30. The second kappa shape index (κ2) is 27.3. The van der Waals surface area contributed by atoms with Crippen molar-refractivity contribution in [2.75, 3.05) is 90.4 Å². The van der Waals surface area contributed by atoms with E-state index in [-0.39, 0.29) is 16.7 Å². The summed E-state index contributed by atoms with van der Waals surface area (Å²) < 4.78 is 47.8. The molecule has 0 saturated carbocycles. The van der Waals surface area contributed by atoms with Crippen LogP contribution < -0.4 is 10.2 Å². The molecular formula is C60H78N3O7S2+. The molecular weight excluding hydrogens is 939 g/mol. The Labute approximate surface area is 434 Å². The van der Waals surface area contributed by atoms with Gasteiger partial charge in [-0.15, -0.1) is 0 Å². The zero-order chi connectivity index (χ0) is 51.6. The zero-order valence-corrected chi connectivity index (χ0v) is 45.6. The smallest absolute Gasteiger partial charge is 0.220 e. The lowest BCUT2D eigenvalue weighted by atomic mass is 9.76. The molecule has 1 amide bonds. The predicted octanol–water partition coefficient (Wildman–Crippen LogP) is 11.8. The van der Waals surface area contributed by atoms with E-state index in [9.17, 15) is 13.2 Å². The number of hydrogen-bond donors (Lipinski definition) is 1. The molecule has 0 bridgehead atoms. The number of allylic oxidation sites excluding steroid dienone is 8. The summed E-state index contributed by atoms with van der Waals surface area (Å²) in [6.07, 6.45) is 21.1. The Hall–Kier alpha value is -5.08. The van der Waals surface area contributed by atoms with E-state index >= 15 is 0 Å². The van der Waals surface area contributed by atoms with Crippen LogP contribution in [0.25, 0.3) is 22.3 Å². The number of anilines is 1. The fourth-order valence-electron chi connectivity index (χ4n) is 9.69. The van der Waals surface area contributed by atoms with Gasteiger partial charge in [-0.05, 0) is 123 Å². The summed E-state index contributed by atoms with van der Waals surface area (Å²) in [4.78, 5) is 15.1. The number of ether oxygens (including phenoxy) is 4. The third-order valence-electron chi connectivity index (χ3n) is 13.6. The van der Waals surface area contributed by atoms with Crippen molar-refractivity contribution in [3.05, 3.63) is 155 Å². The highest BCUT2D eigenvalue weighted by molar-refractivity contribution is 8.71. The number of fused-ring (bicyclic) bond motifs is 2. The lowest BCUT2D eigenvalue weighted by molar-refractivity contribution is -0.442. The van der Waals surface area contributed by atoms with E-state index in [2.05, 4.69) is 177 Å². The van der Waals surface area contributed by atoms with Gasteiger partial charge in [-0.25, -0.2) is 8.42 Å². The van der Waals surface area contributed by atoms with E-state index in [4.69, 9.17) is 18.9 Å². The van der Waals surface area contributed by atoms with E-state index in [1.165, 1.54) is 73.5 Å². The van der Waals surface area contributed by atoms with Gasteiger partial charge < -0.3 is 29.2 Å². The summed E-state index contributed by atoms with van der Waals surface area (Å²) in [5, 5.41) is 2.88. The Balaban J connectivity index is 1.24. The van der Waals surface area contributed by atoms with Crippen LogP contribution in [-0.2, 0) is 43.4 Å². The molecule has 6 rings (SSSR count). The van der Waals surface area contributed by atoms with E-state index in [0.29, 0.717) is 58.4 Å². The standard InChI is InChI=1S/C60H77N3O7S2/c1-46-21-25-48(26-22-46)50-29-31-54-52(44-50)59(3,4)56(63(54)36-38-70-42-40-68-7)18-13-10-9-11-14-19-57-60(5,33-16-12-15-20-58(64)61-34-43-71-72(8,65)66)53-45-51(49-27-23-47(2)24-28-49)30-32-55(53)62(57)35-17-37-69-41-39-67-6/h9-11,13-14,18-19,21-32,44-45H,12,15-17,20,33-43H2,1-8H3/p+1. The van der Waals surface area contributed by atoms with Crippen LogP contribution in [0.1, 0.15) is 81.5 Å². The van der Waals surface area contributed by atoms with Crippen LogP contribution in [0.5, 0.6) is 0 Å². The first-order valence-corrected chi connectivity index (χ1v) is 28.9. The normalized spacial score (nSPS) is 17.1. The first kappa shape index (κ1) is 56.2. The Morgan fingerprint density at radius 3 is 1.94 bits per heavy atom. The Morgan fingerprint density at radius 2 is 1.29 bits per heavy atom. The number of carbonyl (C=O) groups is 1. The molecule has 0 spiro atoms. The van der Waals surface area contributed by atoms with Crippen LogP contribution >= 0.6 is 10.8 Å². The molecule has 386 valence electrons. The van der Waals surface area contributed by atoms with Gasteiger partial charge in [0.25, 0.3) is 0 Å². The average Bonchev–Trinajstić information content (AvgIpc) is 3.71. The molecule has 0 aromatic heterocycles. The van der Waals surface area contributed by atoms with Crippen molar-refractivity contribution in [3.8, 4) is 22.3 Å². The number of nitrogens with zero attached hydrogens (tertiary/aromatic N) is 2. The second-order valence-corrected chi connectivity index (χ2v) is 24.1. The van der Waals surface area contributed by atoms with Crippen LogP contribution in [0.2, 0.25) is 0 Å². The van der Waals surface area contributed by atoms with Crippen LogP contribution in [0, 0.1) is 13.8 Å². The molecule has 2 aliphatic rings. The lowest BCUT2D eigenvalue weighted by Crippen LogP contribution is -2.30. The number of rotatable bonds is 29. The highest BCUT2D eigenvalue weighted by Crippen LogP contribution is 2.52. The molecule has 1 N–H and O–H groups in total. The molecule has 1 atom stereocenters. The number of nitrogens with one attached hydrogen (secondary N) is 1. The van der Waals surface area contributed by atoms with Gasteiger partial charge >= 0.3 is 0 Å². The molecule has 2 heterocycles. The van der Waals surface area contributed by atoms with E-state index < -0.39 is 8.87 Å². The van der Waals surface area contributed by atoms with Crippen LogP contribution in [0.15, 0.2) is 133 Å². The molecule has 12 heteroatoms. The second-order valence-electron chi connectivity index (χ2n) is 19.5. The summed E-state index contributed by atoms with van der Waals surface area (Å²) in [7, 11) is 1.11. The van der Waals surface area contributed by atoms with Gasteiger partial charge in [0, 0.05) is 86.9 Å². The maximum atomic E-state index is 12.7. The number of aryl methyl sites for hydroxylation is 2. The Kier molecular flexibility index (Phi) is 21.3. The average molecular weight is 1020 g/mol. The van der Waals surface area contributed by atoms with Crippen molar-refractivity contribution in [1.82, 2.24) is 5.32 Å². The van der Waals surface area contributed by atoms with E-state index in [1.807, 2.05) is 0 Å². The van der Waals surface area contributed by atoms with Crippen LogP contribution in [0.3, 0.4) is 0 Å². The van der Waals surface area contributed by atoms with Crippen molar-refractivity contribution in [1.29, 1.82) is 0 Å². The number of methoxy groups -OCH3 is 2. The number of amides is 1. The maximum absolute atomic E-state index is 12.7. The quantitative estimate of drug-likeness (QED) is 0.0246. The van der Waals surface area contributed by atoms with Crippen molar-refractivity contribution in [2.24, 2.45) is 0 Å². The topological polar surface area (TPSA) is 106 Å².